The highest BCUT2D eigenvalue weighted by atomic mass is 19.1. The molecule has 1 atom stereocenters. The van der Waals surface area contributed by atoms with Crippen LogP contribution in [0.5, 0.6) is 5.75 Å². The first-order chi connectivity index (χ1) is 10.6. The van der Waals surface area contributed by atoms with E-state index in [0.29, 0.717) is 6.54 Å². The number of hydrogen-bond donors (Lipinski definition) is 3. The Morgan fingerprint density at radius 2 is 2.00 bits per heavy atom. The highest BCUT2D eigenvalue weighted by Crippen LogP contribution is 2.35. The molecule has 3 rings (SSSR count). The Morgan fingerprint density at radius 1 is 1.18 bits per heavy atom. The molecule has 0 radical (unpaired) electrons. The number of nitrogens with one attached hydrogen (secondary N) is 1. The van der Waals surface area contributed by atoms with E-state index < -0.39 is 11.4 Å². The van der Waals surface area contributed by atoms with Crippen LogP contribution in [0.1, 0.15) is 29.5 Å². The molecule has 0 aliphatic heterocycles. The smallest absolute Gasteiger partial charge is 0.165 e. The Morgan fingerprint density at radius 3 is 2.77 bits per heavy atom. The highest BCUT2D eigenvalue weighted by Gasteiger charge is 2.35. The van der Waals surface area contributed by atoms with E-state index in [2.05, 4.69) is 17.4 Å². The largest absolute Gasteiger partial charge is 0.505 e. The molecule has 22 heavy (non-hydrogen) atoms. The fourth-order valence-corrected chi connectivity index (χ4v) is 3.26. The molecule has 0 saturated heterocycles. The zero-order valence-electron chi connectivity index (χ0n) is 12.3. The van der Waals surface area contributed by atoms with Gasteiger partial charge in [-0.3, -0.25) is 0 Å². The normalized spacial score (nSPS) is 20.6. The first-order valence-electron chi connectivity index (χ1n) is 7.56. The van der Waals surface area contributed by atoms with Gasteiger partial charge in [-0.1, -0.05) is 30.3 Å². The van der Waals surface area contributed by atoms with Crippen molar-refractivity contribution < 1.29 is 14.6 Å². The molecule has 0 aromatic heterocycles. The zero-order chi connectivity index (χ0) is 15.6. The monoisotopic (exact) mass is 301 g/mol. The van der Waals surface area contributed by atoms with E-state index >= 15 is 0 Å². The standard InChI is InChI=1S/C18H20FNO2/c19-16-10-13(7-8-17(16)22)11-20-18(12-21)9-3-5-14-4-1-2-6-15(14)18/h1-2,4,6-8,10,20-22H,3,5,9,11-12H2. The van der Waals surface area contributed by atoms with Crippen LogP contribution in [-0.2, 0) is 18.5 Å². The average molecular weight is 301 g/mol. The minimum Gasteiger partial charge on any atom is -0.505 e. The molecule has 0 amide bonds. The molecule has 0 spiro atoms. The number of aryl methyl sites for hydroxylation is 1. The molecule has 0 heterocycles. The predicted octanol–water partition coefficient (Wildman–Crippen LogP) is 2.85. The van der Waals surface area contributed by atoms with Crippen molar-refractivity contribution in [2.24, 2.45) is 0 Å². The van der Waals surface area contributed by atoms with Gasteiger partial charge >= 0.3 is 0 Å². The van der Waals surface area contributed by atoms with Crippen molar-refractivity contribution in [3.05, 3.63) is 65.0 Å². The minimum atomic E-state index is -0.624. The molecule has 2 aromatic carbocycles. The Hall–Kier alpha value is -1.91. The third kappa shape index (κ3) is 2.72. The van der Waals surface area contributed by atoms with Gasteiger partial charge in [0.1, 0.15) is 0 Å². The molecule has 116 valence electrons. The minimum absolute atomic E-state index is 0.00454. The lowest BCUT2D eigenvalue weighted by molar-refractivity contribution is 0.140. The van der Waals surface area contributed by atoms with Crippen molar-refractivity contribution in [2.75, 3.05) is 6.61 Å². The molecule has 0 bridgehead atoms. The molecule has 2 aromatic rings. The molecule has 1 aliphatic carbocycles. The number of halogens is 1. The van der Waals surface area contributed by atoms with Gasteiger partial charge in [-0.15, -0.1) is 0 Å². The molecule has 1 unspecified atom stereocenters. The quantitative estimate of drug-likeness (QED) is 0.814. The summed E-state index contributed by atoms with van der Waals surface area (Å²) in [5.41, 5.74) is 2.64. The molecule has 0 saturated carbocycles. The lowest BCUT2D eigenvalue weighted by atomic mass is 9.77. The molecule has 1 aliphatic rings. The van der Waals surface area contributed by atoms with E-state index in [4.69, 9.17) is 0 Å². The number of aromatic hydroxyl groups is 1. The van der Waals surface area contributed by atoms with Gasteiger partial charge in [0.25, 0.3) is 0 Å². The third-order valence-corrected chi connectivity index (χ3v) is 4.50. The number of benzene rings is 2. The first kappa shape index (κ1) is 15.0. The van der Waals surface area contributed by atoms with Gasteiger partial charge in [-0.05, 0) is 48.1 Å². The topological polar surface area (TPSA) is 52.5 Å². The summed E-state index contributed by atoms with van der Waals surface area (Å²) < 4.78 is 13.4. The van der Waals surface area contributed by atoms with Crippen molar-refractivity contribution in [1.29, 1.82) is 0 Å². The Labute approximate surface area is 129 Å². The van der Waals surface area contributed by atoms with E-state index in [0.717, 1.165) is 30.4 Å². The summed E-state index contributed by atoms with van der Waals surface area (Å²) in [4.78, 5) is 0. The van der Waals surface area contributed by atoms with E-state index in [9.17, 15) is 14.6 Å². The van der Waals surface area contributed by atoms with Crippen LogP contribution in [-0.4, -0.2) is 16.8 Å². The Balaban J connectivity index is 1.84. The number of aliphatic hydroxyl groups is 1. The molecule has 4 heteroatoms. The number of rotatable bonds is 4. The van der Waals surface area contributed by atoms with Gasteiger partial charge in [0, 0.05) is 6.54 Å². The zero-order valence-corrected chi connectivity index (χ0v) is 12.3. The first-order valence-corrected chi connectivity index (χ1v) is 7.56. The Bertz CT molecular complexity index is 674. The van der Waals surface area contributed by atoms with Gasteiger partial charge in [-0.25, -0.2) is 4.39 Å². The van der Waals surface area contributed by atoms with Crippen LogP contribution in [0.4, 0.5) is 4.39 Å². The van der Waals surface area contributed by atoms with Crippen LogP contribution in [0.15, 0.2) is 42.5 Å². The van der Waals surface area contributed by atoms with Crippen LogP contribution in [0.3, 0.4) is 0 Å². The summed E-state index contributed by atoms with van der Waals surface area (Å²) in [6.45, 7) is 0.441. The molecule has 3 N–H and O–H groups in total. The lowest BCUT2D eigenvalue weighted by Gasteiger charge is -2.39. The van der Waals surface area contributed by atoms with Gasteiger partial charge in [-0.2, -0.15) is 0 Å². The summed E-state index contributed by atoms with van der Waals surface area (Å²) in [5.74, 6) is -0.968. The van der Waals surface area contributed by atoms with Crippen LogP contribution >= 0.6 is 0 Å². The molecule has 3 nitrogen and oxygen atoms in total. The number of fused-ring (bicyclic) bond motifs is 1. The summed E-state index contributed by atoms with van der Waals surface area (Å²) in [6.07, 6.45) is 2.88. The maximum absolute atomic E-state index is 13.4. The fraction of sp³-hybridized carbons (Fsp3) is 0.333. The Kier molecular flexibility index (Phi) is 4.14. The maximum Gasteiger partial charge on any atom is 0.165 e. The fourth-order valence-electron chi connectivity index (χ4n) is 3.26. The highest BCUT2D eigenvalue weighted by molar-refractivity contribution is 5.37. The maximum atomic E-state index is 13.4. The number of phenolic OH excluding ortho intramolecular Hbond substituents is 1. The van der Waals surface area contributed by atoms with Crippen LogP contribution < -0.4 is 5.32 Å². The third-order valence-electron chi connectivity index (χ3n) is 4.50. The number of hydrogen-bond acceptors (Lipinski definition) is 3. The van der Waals surface area contributed by atoms with Gasteiger partial charge < -0.3 is 15.5 Å². The van der Waals surface area contributed by atoms with E-state index in [-0.39, 0.29) is 12.4 Å². The van der Waals surface area contributed by atoms with Crippen molar-refractivity contribution in [2.45, 2.75) is 31.3 Å². The second-order valence-electron chi connectivity index (χ2n) is 5.89. The van der Waals surface area contributed by atoms with Crippen molar-refractivity contribution in [3.8, 4) is 5.75 Å². The molecular weight excluding hydrogens is 281 g/mol. The SMILES string of the molecule is OCC1(NCc2ccc(O)c(F)c2)CCCc2ccccc21. The molecular formula is C18H20FNO2. The lowest BCUT2D eigenvalue weighted by Crippen LogP contribution is -2.47. The van der Waals surface area contributed by atoms with E-state index in [1.165, 1.54) is 17.7 Å². The average Bonchev–Trinajstić information content (AvgIpc) is 2.56. The van der Waals surface area contributed by atoms with E-state index in [1.54, 1.807) is 6.07 Å². The van der Waals surface area contributed by atoms with Gasteiger partial charge in [0.15, 0.2) is 11.6 Å². The predicted molar refractivity (Wildman–Crippen MR) is 83.0 cm³/mol. The summed E-state index contributed by atoms with van der Waals surface area (Å²) >= 11 is 0. The van der Waals surface area contributed by atoms with Crippen molar-refractivity contribution >= 4 is 0 Å². The van der Waals surface area contributed by atoms with E-state index in [1.807, 2.05) is 12.1 Å². The summed E-state index contributed by atoms with van der Waals surface area (Å²) in [5, 5.41) is 22.6. The van der Waals surface area contributed by atoms with Gasteiger partial charge in [0.2, 0.25) is 0 Å². The van der Waals surface area contributed by atoms with Crippen LogP contribution in [0.25, 0.3) is 0 Å². The second-order valence-corrected chi connectivity index (χ2v) is 5.89. The van der Waals surface area contributed by atoms with Crippen LogP contribution in [0, 0.1) is 5.82 Å². The van der Waals surface area contributed by atoms with Crippen LogP contribution in [0.2, 0.25) is 0 Å². The summed E-state index contributed by atoms with van der Waals surface area (Å²) in [6, 6.07) is 12.5. The van der Waals surface area contributed by atoms with Gasteiger partial charge in [0.05, 0.1) is 12.1 Å². The van der Waals surface area contributed by atoms with Crippen molar-refractivity contribution in [1.82, 2.24) is 5.32 Å². The second kappa shape index (κ2) is 6.07. The molecule has 0 fully saturated rings. The summed E-state index contributed by atoms with van der Waals surface area (Å²) in [7, 11) is 0. The number of phenols is 1. The van der Waals surface area contributed by atoms with Crippen molar-refractivity contribution in [3.63, 3.8) is 0 Å². The number of aliphatic hydroxyl groups excluding tert-OH is 1.